The molecule has 1 amide bonds. The summed E-state index contributed by atoms with van der Waals surface area (Å²) in [5.41, 5.74) is 5.83. The molecule has 6 heteroatoms. The number of nitrogens with two attached hydrogens (primary N) is 1. The molecule has 0 radical (unpaired) electrons. The van der Waals surface area contributed by atoms with Gasteiger partial charge in [-0.3, -0.25) is 4.79 Å². The molecule has 94 valence electrons. The van der Waals surface area contributed by atoms with Gasteiger partial charge in [0.1, 0.15) is 5.75 Å². The number of nitrogens with one attached hydrogen (secondary N) is 1. The van der Waals surface area contributed by atoms with E-state index in [0.29, 0.717) is 11.4 Å². The van der Waals surface area contributed by atoms with Gasteiger partial charge in [0.2, 0.25) is 5.91 Å². The standard InChI is InChI=1S/C11H13BrN2O2.ClH/c1-16-9-6-7(2-3-8(9)12)14-10(15)11(13)4-5-11;/h2-3,6H,4-5,13H2,1H3,(H,14,15);1H. The zero-order valence-electron chi connectivity index (χ0n) is 9.33. The average Bonchev–Trinajstić information content (AvgIpc) is 3.01. The van der Waals surface area contributed by atoms with Crippen molar-refractivity contribution in [3.63, 3.8) is 0 Å². The molecule has 0 aliphatic heterocycles. The van der Waals surface area contributed by atoms with Crippen molar-refractivity contribution >= 4 is 39.9 Å². The van der Waals surface area contributed by atoms with Gasteiger partial charge in [-0.05, 0) is 40.9 Å². The Morgan fingerprint density at radius 2 is 2.18 bits per heavy atom. The summed E-state index contributed by atoms with van der Waals surface area (Å²) in [6.07, 6.45) is 1.51. The fourth-order valence-corrected chi connectivity index (χ4v) is 1.76. The van der Waals surface area contributed by atoms with Crippen molar-refractivity contribution in [3.8, 4) is 5.75 Å². The molecular weight excluding hydrogens is 307 g/mol. The minimum atomic E-state index is -0.652. The van der Waals surface area contributed by atoms with E-state index in [9.17, 15) is 4.79 Å². The Morgan fingerprint density at radius 1 is 1.53 bits per heavy atom. The van der Waals surface area contributed by atoms with Crippen LogP contribution in [0.5, 0.6) is 5.75 Å². The molecule has 0 spiro atoms. The van der Waals surface area contributed by atoms with Gasteiger partial charge in [0, 0.05) is 11.8 Å². The summed E-state index contributed by atoms with van der Waals surface area (Å²) >= 11 is 3.35. The first-order valence-corrected chi connectivity index (χ1v) is 5.78. The van der Waals surface area contributed by atoms with Crippen LogP contribution in [0, 0.1) is 0 Å². The topological polar surface area (TPSA) is 64.3 Å². The van der Waals surface area contributed by atoms with E-state index in [1.54, 1.807) is 19.2 Å². The molecule has 2 rings (SSSR count). The quantitative estimate of drug-likeness (QED) is 0.898. The third-order valence-corrected chi connectivity index (χ3v) is 3.30. The van der Waals surface area contributed by atoms with Gasteiger partial charge in [-0.1, -0.05) is 0 Å². The fourth-order valence-electron chi connectivity index (χ4n) is 1.35. The molecule has 0 atom stereocenters. The highest BCUT2D eigenvalue weighted by Gasteiger charge is 2.45. The predicted molar refractivity (Wildman–Crippen MR) is 72.7 cm³/mol. The molecule has 1 saturated carbocycles. The zero-order chi connectivity index (χ0) is 11.8. The van der Waals surface area contributed by atoms with Crippen LogP contribution >= 0.6 is 28.3 Å². The number of carbonyl (C=O) groups is 1. The first-order valence-electron chi connectivity index (χ1n) is 4.99. The number of rotatable bonds is 3. The lowest BCUT2D eigenvalue weighted by molar-refractivity contribution is -0.118. The molecule has 17 heavy (non-hydrogen) atoms. The van der Waals surface area contributed by atoms with Crippen LogP contribution in [0.4, 0.5) is 5.69 Å². The number of ether oxygens (including phenoxy) is 1. The van der Waals surface area contributed by atoms with E-state index in [1.807, 2.05) is 6.07 Å². The Bertz CT molecular complexity index is 435. The number of carbonyl (C=O) groups excluding carboxylic acids is 1. The first-order chi connectivity index (χ1) is 7.55. The molecule has 0 unspecified atom stereocenters. The van der Waals surface area contributed by atoms with Crippen molar-refractivity contribution in [2.24, 2.45) is 5.73 Å². The normalized spacial score (nSPS) is 15.7. The van der Waals surface area contributed by atoms with Gasteiger partial charge in [0.05, 0.1) is 17.1 Å². The first kappa shape index (κ1) is 14.3. The number of halogens is 2. The van der Waals surface area contributed by atoms with E-state index in [1.165, 1.54) is 0 Å². The number of benzene rings is 1. The molecule has 1 aliphatic rings. The molecule has 0 bridgehead atoms. The van der Waals surface area contributed by atoms with E-state index >= 15 is 0 Å². The average molecular weight is 322 g/mol. The summed E-state index contributed by atoms with van der Waals surface area (Å²) < 4.78 is 5.99. The molecule has 1 aliphatic carbocycles. The fraction of sp³-hybridized carbons (Fsp3) is 0.364. The van der Waals surface area contributed by atoms with Crippen LogP contribution in [0.25, 0.3) is 0 Å². The van der Waals surface area contributed by atoms with E-state index < -0.39 is 5.54 Å². The second-order valence-electron chi connectivity index (χ2n) is 3.96. The minimum absolute atomic E-state index is 0. The predicted octanol–water partition coefficient (Wildman–Crippen LogP) is 2.31. The van der Waals surface area contributed by atoms with Crippen molar-refractivity contribution in [3.05, 3.63) is 22.7 Å². The number of hydrogen-bond acceptors (Lipinski definition) is 3. The van der Waals surface area contributed by atoms with Crippen molar-refractivity contribution in [1.82, 2.24) is 0 Å². The lowest BCUT2D eigenvalue weighted by Crippen LogP contribution is -2.37. The zero-order valence-corrected chi connectivity index (χ0v) is 11.7. The molecule has 1 aromatic rings. The van der Waals surface area contributed by atoms with E-state index in [0.717, 1.165) is 17.3 Å². The molecule has 0 saturated heterocycles. The van der Waals surface area contributed by atoms with Crippen LogP contribution in [-0.2, 0) is 4.79 Å². The van der Waals surface area contributed by atoms with Crippen LogP contribution in [0.3, 0.4) is 0 Å². The second-order valence-corrected chi connectivity index (χ2v) is 4.81. The number of amides is 1. The largest absolute Gasteiger partial charge is 0.495 e. The monoisotopic (exact) mass is 320 g/mol. The van der Waals surface area contributed by atoms with Crippen molar-refractivity contribution in [2.45, 2.75) is 18.4 Å². The van der Waals surface area contributed by atoms with Gasteiger partial charge < -0.3 is 15.8 Å². The molecule has 1 aromatic carbocycles. The minimum Gasteiger partial charge on any atom is -0.495 e. The maximum absolute atomic E-state index is 11.7. The van der Waals surface area contributed by atoms with Gasteiger partial charge in [0.15, 0.2) is 0 Å². The molecule has 4 nitrogen and oxygen atoms in total. The SMILES string of the molecule is COc1cc(NC(=O)C2(N)CC2)ccc1Br.Cl. The summed E-state index contributed by atoms with van der Waals surface area (Å²) in [5.74, 6) is 0.552. The lowest BCUT2D eigenvalue weighted by atomic mass is 10.2. The van der Waals surface area contributed by atoms with Crippen LogP contribution < -0.4 is 15.8 Å². The van der Waals surface area contributed by atoms with Crippen LogP contribution in [-0.4, -0.2) is 18.6 Å². The molecule has 3 N–H and O–H groups in total. The Labute approximate surface area is 114 Å². The molecule has 0 aromatic heterocycles. The molecule has 0 heterocycles. The summed E-state index contributed by atoms with van der Waals surface area (Å²) in [6, 6.07) is 5.38. The third kappa shape index (κ3) is 3.12. The van der Waals surface area contributed by atoms with Gasteiger partial charge in [-0.2, -0.15) is 0 Å². The summed E-state index contributed by atoms with van der Waals surface area (Å²) in [6.45, 7) is 0. The Morgan fingerprint density at radius 3 is 2.71 bits per heavy atom. The number of anilines is 1. The van der Waals surface area contributed by atoms with Gasteiger partial charge >= 0.3 is 0 Å². The maximum atomic E-state index is 11.7. The van der Waals surface area contributed by atoms with Crippen molar-refractivity contribution in [2.75, 3.05) is 12.4 Å². The summed E-state index contributed by atoms with van der Waals surface area (Å²) in [5, 5.41) is 2.78. The van der Waals surface area contributed by atoms with Crippen molar-refractivity contribution in [1.29, 1.82) is 0 Å². The van der Waals surface area contributed by atoms with E-state index in [-0.39, 0.29) is 18.3 Å². The third-order valence-electron chi connectivity index (χ3n) is 2.65. The highest BCUT2D eigenvalue weighted by atomic mass is 79.9. The number of hydrogen-bond donors (Lipinski definition) is 2. The smallest absolute Gasteiger partial charge is 0.244 e. The van der Waals surface area contributed by atoms with Crippen LogP contribution in [0.2, 0.25) is 0 Å². The molecular formula is C11H14BrClN2O2. The second kappa shape index (κ2) is 5.25. The van der Waals surface area contributed by atoms with Crippen LogP contribution in [0.15, 0.2) is 22.7 Å². The van der Waals surface area contributed by atoms with Crippen molar-refractivity contribution < 1.29 is 9.53 Å². The van der Waals surface area contributed by atoms with Crippen LogP contribution in [0.1, 0.15) is 12.8 Å². The highest BCUT2D eigenvalue weighted by molar-refractivity contribution is 9.10. The summed E-state index contributed by atoms with van der Waals surface area (Å²) in [4.78, 5) is 11.7. The van der Waals surface area contributed by atoms with E-state index in [2.05, 4.69) is 21.2 Å². The van der Waals surface area contributed by atoms with E-state index in [4.69, 9.17) is 10.5 Å². The van der Waals surface area contributed by atoms with Gasteiger partial charge in [-0.15, -0.1) is 12.4 Å². The maximum Gasteiger partial charge on any atom is 0.244 e. The summed E-state index contributed by atoms with van der Waals surface area (Å²) in [7, 11) is 1.58. The highest BCUT2D eigenvalue weighted by Crippen LogP contribution is 2.34. The molecule has 1 fully saturated rings. The Balaban J connectivity index is 0.00000144. The van der Waals surface area contributed by atoms with Gasteiger partial charge in [-0.25, -0.2) is 0 Å². The number of methoxy groups -OCH3 is 1. The van der Waals surface area contributed by atoms with Gasteiger partial charge in [0.25, 0.3) is 0 Å². The lowest BCUT2D eigenvalue weighted by Gasteiger charge is -2.11. The Kier molecular flexibility index (Phi) is 4.41. The Hall–Kier alpha value is -0.780.